The van der Waals surface area contributed by atoms with Gasteiger partial charge in [0.05, 0.1) is 11.4 Å². The first kappa shape index (κ1) is 16.7. The Bertz CT molecular complexity index is 955. The third-order valence-electron chi connectivity index (χ3n) is 3.56. The van der Waals surface area contributed by atoms with E-state index in [9.17, 15) is 5.11 Å². The van der Waals surface area contributed by atoms with Crippen LogP contribution in [0, 0.1) is 0 Å². The molecular weight excluding hydrogens is 386 g/mol. The van der Waals surface area contributed by atoms with E-state index in [1.165, 1.54) is 0 Å². The molecule has 122 valence electrons. The highest BCUT2D eigenvalue weighted by atomic mass is 79.9. The van der Waals surface area contributed by atoms with Gasteiger partial charge in [0.15, 0.2) is 0 Å². The number of phenolic OH excluding ortho intramolecular Hbond substituents is 1. The molecule has 0 saturated heterocycles. The van der Waals surface area contributed by atoms with E-state index in [0.29, 0.717) is 0 Å². The van der Waals surface area contributed by atoms with Crippen molar-refractivity contribution in [1.82, 2.24) is 4.68 Å². The van der Waals surface area contributed by atoms with Crippen molar-refractivity contribution < 1.29 is 5.11 Å². The van der Waals surface area contributed by atoms with E-state index >= 15 is 0 Å². The van der Waals surface area contributed by atoms with Gasteiger partial charge in [0.25, 0.3) is 0 Å². The lowest BCUT2D eigenvalue weighted by Gasteiger charge is -2.07. The zero-order valence-corrected chi connectivity index (χ0v) is 15.7. The van der Waals surface area contributed by atoms with Crippen molar-refractivity contribution in [1.29, 1.82) is 0 Å². The standard InChI is InChI=1S/C18H16BrN3OS/c1-12(13-7-9-14(23)10-8-13)21-22-17(11-24-18(22)20-2)15-5-3-4-6-16(15)19/h3-11,23H,1-2H3. The number of hydrogen-bond donors (Lipinski definition) is 1. The fourth-order valence-corrected chi connectivity index (χ4v) is 3.59. The van der Waals surface area contributed by atoms with Crippen molar-refractivity contribution >= 4 is 33.0 Å². The first-order valence-electron chi connectivity index (χ1n) is 7.33. The minimum atomic E-state index is 0.243. The molecule has 0 aliphatic rings. The van der Waals surface area contributed by atoms with Gasteiger partial charge in [-0.15, -0.1) is 11.3 Å². The maximum Gasteiger partial charge on any atom is 0.205 e. The summed E-state index contributed by atoms with van der Waals surface area (Å²) in [7, 11) is 1.76. The Kier molecular flexibility index (Phi) is 4.97. The fraction of sp³-hybridized carbons (Fsp3) is 0.111. The number of hydrogen-bond acceptors (Lipinski definition) is 4. The van der Waals surface area contributed by atoms with Crippen molar-refractivity contribution in [3.8, 4) is 17.0 Å². The molecule has 0 radical (unpaired) electrons. The summed E-state index contributed by atoms with van der Waals surface area (Å²) in [6, 6.07) is 15.1. The van der Waals surface area contributed by atoms with E-state index in [4.69, 9.17) is 5.10 Å². The molecule has 0 saturated carbocycles. The van der Waals surface area contributed by atoms with E-state index in [1.54, 1.807) is 30.5 Å². The maximum absolute atomic E-state index is 9.44. The van der Waals surface area contributed by atoms with Crippen LogP contribution >= 0.6 is 27.3 Å². The molecule has 2 aromatic carbocycles. The maximum atomic E-state index is 9.44. The molecular formula is C18H16BrN3OS. The van der Waals surface area contributed by atoms with Crippen molar-refractivity contribution in [3.05, 3.63) is 68.7 Å². The minimum Gasteiger partial charge on any atom is -0.508 e. The highest BCUT2D eigenvalue weighted by molar-refractivity contribution is 9.10. The van der Waals surface area contributed by atoms with Gasteiger partial charge in [-0.2, -0.15) is 5.10 Å². The van der Waals surface area contributed by atoms with Gasteiger partial charge < -0.3 is 5.11 Å². The van der Waals surface area contributed by atoms with Crippen LogP contribution in [0.25, 0.3) is 11.3 Å². The summed E-state index contributed by atoms with van der Waals surface area (Å²) in [5.74, 6) is 0.243. The average molecular weight is 402 g/mol. The van der Waals surface area contributed by atoms with E-state index in [0.717, 1.165) is 31.8 Å². The van der Waals surface area contributed by atoms with Crippen LogP contribution < -0.4 is 4.80 Å². The van der Waals surface area contributed by atoms with E-state index < -0.39 is 0 Å². The van der Waals surface area contributed by atoms with Crippen LogP contribution in [0.3, 0.4) is 0 Å². The lowest BCUT2D eigenvalue weighted by atomic mass is 10.1. The topological polar surface area (TPSA) is 49.9 Å². The molecule has 0 atom stereocenters. The molecule has 24 heavy (non-hydrogen) atoms. The Morgan fingerprint density at radius 2 is 1.83 bits per heavy atom. The molecule has 6 heteroatoms. The zero-order chi connectivity index (χ0) is 17.1. The number of thiazole rings is 1. The lowest BCUT2D eigenvalue weighted by molar-refractivity contribution is 0.475. The number of rotatable bonds is 3. The Morgan fingerprint density at radius 3 is 2.50 bits per heavy atom. The van der Waals surface area contributed by atoms with E-state index in [1.807, 2.05) is 48.0 Å². The number of aromatic nitrogens is 1. The summed E-state index contributed by atoms with van der Waals surface area (Å²) in [6.07, 6.45) is 0. The van der Waals surface area contributed by atoms with Gasteiger partial charge >= 0.3 is 0 Å². The normalized spacial score (nSPS) is 12.6. The SMILES string of the molecule is CN=c1scc(-c2ccccc2Br)n1N=C(C)c1ccc(O)cc1. The van der Waals surface area contributed by atoms with E-state index in [2.05, 4.69) is 26.3 Å². The molecule has 1 aromatic heterocycles. The molecule has 0 bridgehead atoms. The van der Waals surface area contributed by atoms with Crippen molar-refractivity contribution in [2.24, 2.45) is 10.1 Å². The van der Waals surface area contributed by atoms with Gasteiger partial charge in [0.2, 0.25) is 4.80 Å². The van der Waals surface area contributed by atoms with Gasteiger partial charge in [-0.05, 0) is 42.8 Å². The number of phenols is 1. The summed E-state index contributed by atoms with van der Waals surface area (Å²) in [5, 5.41) is 16.2. The smallest absolute Gasteiger partial charge is 0.205 e. The minimum absolute atomic E-state index is 0.243. The van der Waals surface area contributed by atoms with Crippen LogP contribution in [0.15, 0.2) is 68.5 Å². The van der Waals surface area contributed by atoms with Crippen molar-refractivity contribution in [2.45, 2.75) is 6.92 Å². The predicted octanol–water partition coefficient (Wildman–Crippen LogP) is 4.49. The van der Waals surface area contributed by atoms with Gasteiger partial charge in [0, 0.05) is 22.5 Å². The number of aromatic hydroxyl groups is 1. The highest BCUT2D eigenvalue weighted by Gasteiger charge is 2.11. The Hall–Kier alpha value is -2.18. The van der Waals surface area contributed by atoms with Crippen LogP contribution in [0.2, 0.25) is 0 Å². The summed E-state index contributed by atoms with van der Waals surface area (Å²) in [5.41, 5.74) is 3.83. The van der Waals surface area contributed by atoms with Gasteiger partial charge in [-0.1, -0.05) is 34.1 Å². The van der Waals surface area contributed by atoms with Gasteiger partial charge in [-0.3, -0.25) is 4.99 Å². The van der Waals surface area contributed by atoms with Crippen LogP contribution in [-0.2, 0) is 0 Å². The second kappa shape index (κ2) is 7.15. The monoisotopic (exact) mass is 401 g/mol. The predicted molar refractivity (Wildman–Crippen MR) is 103 cm³/mol. The molecule has 4 nitrogen and oxygen atoms in total. The highest BCUT2D eigenvalue weighted by Crippen LogP contribution is 2.28. The molecule has 3 rings (SSSR count). The molecule has 0 unspecified atom stereocenters. The fourth-order valence-electron chi connectivity index (χ4n) is 2.31. The van der Waals surface area contributed by atoms with Crippen molar-refractivity contribution in [3.63, 3.8) is 0 Å². The molecule has 3 aromatic rings. The Balaban J connectivity index is 2.14. The first-order chi connectivity index (χ1) is 11.6. The van der Waals surface area contributed by atoms with Crippen LogP contribution in [0.1, 0.15) is 12.5 Å². The first-order valence-corrected chi connectivity index (χ1v) is 9.00. The van der Waals surface area contributed by atoms with Crippen LogP contribution in [-0.4, -0.2) is 22.5 Å². The van der Waals surface area contributed by atoms with Crippen LogP contribution in [0.4, 0.5) is 0 Å². The van der Waals surface area contributed by atoms with Crippen molar-refractivity contribution in [2.75, 3.05) is 7.05 Å². The molecule has 0 fully saturated rings. The molecule has 1 heterocycles. The second-order valence-electron chi connectivity index (χ2n) is 5.15. The third kappa shape index (κ3) is 3.34. The number of nitrogens with zero attached hydrogens (tertiary/aromatic N) is 3. The summed E-state index contributed by atoms with van der Waals surface area (Å²) >= 11 is 5.15. The Labute approximate surface area is 152 Å². The third-order valence-corrected chi connectivity index (χ3v) is 5.16. The molecule has 0 amide bonds. The van der Waals surface area contributed by atoms with E-state index in [-0.39, 0.29) is 5.75 Å². The average Bonchev–Trinajstić information content (AvgIpc) is 2.98. The molecule has 0 aliphatic carbocycles. The molecule has 0 spiro atoms. The molecule has 1 N–H and O–H groups in total. The summed E-state index contributed by atoms with van der Waals surface area (Å²) in [4.78, 5) is 5.14. The summed E-state index contributed by atoms with van der Waals surface area (Å²) in [6.45, 7) is 1.94. The summed E-state index contributed by atoms with van der Waals surface area (Å²) < 4.78 is 2.86. The van der Waals surface area contributed by atoms with Gasteiger partial charge in [0.1, 0.15) is 5.75 Å². The zero-order valence-electron chi connectivity index (χ0n) is 13.3. The van der Waals surface area contributed by atoms with Gasteiger partial charge in [-0.25, -0.2) is 4.68 Å². The quantitative estimate of drug-likeness (QED) is 0.645. The Morgan fingerprint density at radius 1 is 1.12 bits per heavy atom. The molecule has 0 aliphatic heterocycles. The van der Waals surface area contributed by atoms with Crippen LogP contribution in [0.5, 0.6) is 5.75 Å². The lowest BCUT2D eigenvalue weighted by Crippen LogP contribution is -2.13. The largest absolute Gasteiger partial charge is 0.508 e. The second-order valence-corrected chi connectivity index (χ2v) is 6.84. The number of halogens is 1. The number of benzene rings is 2.